The predicted octanol–water partition coefficient (Wildman–Crippen LogP) is 2.94. The van der Waals surface area contributed by atoms with E-state index >= 15 is 0 Å². The van der Waals surface area contributed by atoms with Crippen molar-refractivity contribution in [3.8, 4) is 5.75 Å². The number of ether oxygens (including phenoxy) is 2. The van der Waals surface area contributed by atoms with Gasteiger partial charge in [-0.1, -0.05) is 6.92 Å². The molecule has 0 aliphatic rings. The van der Waals surface area contributed by atoms with E-state index < -0.39 is 0 Å². The molecule has 0 fully saturated rings. The Hall–Kier alpha value is -1.13. The molecule has 0 bridgehead atoms. The average molecular weight is 266 g/mol. The molecule has 0 saturated carbocycles. The van der Waals surface area contributed by atoms with Crippen LogP contribution in [0.25, 0.3) is 0 Å². The molecule has 0 saturated heterocycles. The first kappa shape index (κ1) is 15.9. The lowest BCUT2D eigenvalue weighted by atomic mass is 10.0. The Morgan fingerprint density at radius 3 is 2.53 bits per heavy atom. The molecule has 2 atom stereocenters. The van der Waals surface area contributed by atoms with Crippen LogP contribution in [-0.2, 0) is 4.74 Å². The normalized spacial score (nSPS) is 14.4. The van der Waals surface area contributed by atoms with Crippen molar-refractivity contribution in [1.29, 1.82) is 0 Å². The first-order valence-electron chi connectivity index (χ1n) is 7.02. The smallest absolute Gasteiger partial charge is 0.138 e. The maximum absolute atomic E-state index is 5.79. The second-order valence-corrected chi connectivity index (χ2v) is 4.79. The zero-order valence-electron chi connectivity index (χ0n) is 12.6. The molecule has 1 aromatic rings. The number of pyridine rings is 1. The first-order valence-corrected chi connectivity index (χ1v) is 7.02. The first-order chi connectivity index (χ1) is 9.12. The molecule has 0 aliphatic heterocycles. The van der Waals surface area contributed by atoms with Crippen LogP contribution >= 0.6 is 0 Å². The van der Waals surface area contributed by atoms with Crippen molar-refractivity contribution >= 4 is 0 Å². The summed E-state index contributed by atoms with van der Waals surface area (Å²) in [6, 6.07) is 2.17. The molecule has 0 radical (unpaired) electrons. The van der Waals surface area contributed by atoms with E-state index in [1.807, 2.05) is 40.1 Å². The maximum Gasteiger partial charge on any atom is 0.138 e. The van der Waals surface area contributed by atoms with Crippen LogP contribution in [0.5, 0.6) is 5.75 Å². The number of likely N-dealkylation sites (N-methyl/N-ethyl adjacent to an activating group) is 1. The third-order valence-corrected chi connectivity index (χ3v) is 2.93. The summed E-state index contributed by atoms with van der Waals surface area (Å²) >= 11 is 0. The van der Waals surface area contributed by atoms with E-state index in [0.29, 0.717) is 6.61 Å². The van der Waals surface area contributed by atoms with Gasteiger partial charge in [-0.05, 0) is 45.9 Å². The zero-order valence-corrected chi connectivity index (χ0v) is 12.6. The van der Waals surface area contributed by atoms with Gasteiger partial charge in [0, 0.05) is 12.8 Å². The number of rotatable bonds is 8. The van der Waals surface area contributed by atoms with Gasteiger partial charge in [-0.15, -0.1) is 0 Å². The number of aromatic nitrogens is 1. The Balaban J connectivity index is 2.90. The maximum atomic E-state index is 5.79. The average Bonchev–Trinajstić information content (AvgIpc) is 2.38. The van der Waals surface area contributed by atoms with E-state index in [2.05, 4.69) is 17.2 Å². The van der Waals surface area contributed by atoms with Crippen molar-refractivity contribution < 1.29 is 9.47 Å². The Morgan fingerprint density at radius 2 is 2.00 bits per heavy atom. The zero-order chi connectivity index (χ0) is 14.3. The summed E-state index contributed by atoms with van der Waals surface area (Å²) in [7, 11) is 1.95. The Kier molecular flexibility index (Phi) is 6.81. The Bertz CT molecular complexity index is 369. The van der Waals surface area contributed by atoms with Gasteiger partial charge in [-0.3, -0.25) is 4.98 Å². The molecule has 1 heterocycles. The van der Waals surface area contributed by atoms with Crippen LogP contribution in [0.4, 0.5) is 0 Å². The second-order valence-electron chi connectivity index (χ2n) is 4.79. The van der Waals surface area contributed by atoms with Crippen molar-refractivity contribution in [2.24, 2.45) is 0 Å². The highest BCUT2D eigenvalue weighted by Crippen LogP contribution is 2.24. The van der Waals surface area contributed by atoms with Crippen molar-refractivity contribution in [2.45, 2.75) is 52.4 Å². The Morgan fingerprint density at radius 1 is 1.26 bits per heavy atom. The summed E-state index contributed by atoms with van der Waals surface area (Å²) < 4.78 is 11.5. The summed E-state index contributed by atoms with van der Waals surface area (Å²) in [5, 5.41) is 3.31. The predicted molar refractivity (Wildman–Crippen MR) is 77.5 cm³/mol. The fraction of sp³-hybridized carbons (Fsp3) is 0.667. The van der Waals surface area contributed by atoms with Crippen LogP contribution in [0.15, 0.2) is 18.5 Å². The van der Waals surface area contributed by atoms with Gasteiger partial charge in [0.1, 0.15) is 5.75 Å². The molecule has 0 aliphatic carbocycles. The molecule has 2 unspecified atom stereocenters. The summed E-state index contributed by atoms with van der Waals surface area (Å²) in [5.41, 5.74) is 1.10. The lowest BCUT2D eigenvalue weighted by Gasteiger charge is -2.26. The molecule has 1 aromatic heterocycles. The van der Waals surface area contributed by atoms with E-state index in [9.17, 15) is 0 Å². The number of nitrogens with zero attached hydrogens (tertiary/aromatic N) is 1. The summed E-state index contributed by atoms with van der Waals surface area (Å²) in [6.45, 7) is 8.89. The molecule has 4 nitrogen and oxygen atoms in total. The number of nitrogens with one attached hydrogen (secondary N) is 1. The fourth-order valence-electron chi connectivity index (χ4n) is 2.17. The molecule has 1 N–H and O–H groups in total. The van der Waals surface area contributed by atoms with Gasteiger partial charge >= 0.3 is 0 Å². The van der Waals surface area contributed by atoms with Gasteiger partial charge in [0.05, 0.1) is 24.4 Å². The van der Waals surface area contributed by atoms with Gasteiger partial charge in [-0.25, -0.2) is 0 Å². The van der Waals surface area contributed by atoms with Crippen LogP contribution in [0.2, 0.25) is 0 Å². The molecule has 108 valence electrons. The number of hydrogen-bond donors (Lipinski definition) is 1. The topological polar surface area (TPSA) is 43.4 Å². The molecule has 0 aromatic carbocycles. The molecule has 4 heteroatoms. The van der Waals surface area contributed by atoms with E-state index in [-0.39, 0.29) is 18.2 Å². The molecule has 0 amide bonds. The van der Waals surface area contributed by atoms with Gasteiger partial charge < -0.3 is 14.8 Å². The van der Waals surface area contributed by atoms with E-state index in [1.54, 1.807) is 6.20 Å². The second kappa shape index (κ2) is 8.12. The summed E-state index contributed by atoms with van der Waals surface area (Å²) in [5.74, 6) is 0.805. The van der Waals surface area contributed by atoms with Crippen molar-refractivity contribution in [3.05, 3.63) is 24.0 Å². The molecule has 1 rings (SSSR count). The number of hydrogen-bond acceptors (Lipinski definition) is 4. The van der Waals surface area contributed by atoms with Crippen LogP contribution in [0, 0.1) is 0 Å². The minimum absolute atomic E-state index is 0.133. The SMILES string of the molecule is CCOC(CC)C(NC)c1cncc(OC(C)C)c1. The lowest BCUT2D eigenvalue weighted by Crippen LogP contribution is -2.31. The van der Waals surface area contributed by atoms with Crippen LogP contribution in [0.3, 0.4) is 0 Å². The monoisotopic (exact) mass is 266 g/mol. The van der Waals surface area contributed by atoms with Gasteiger partial charge in [0.15, 0.2) is 0 Å². The van der Waals surface area contributed by atoms with Crippen molar-refractivity contribution in [2.75, 3.05) is 13.7 Å². The third kappa shape index (κ3) is 4.80. The summed E-state index contributed by atoms with van der Waals surface area (Å²) in [4.78, 5) is 4.26. The van der Waals surface area contributed by atoms with Crippen LogP contribution < -0.4 is 10.1 Å². The third-order valence-electron chi connectivity index (χ3n) is 2.93. The van der Waals surface area contributed by atoms with Gasteiger partial charge in [0.25, 0.3) is 0 Å². The van der Waals surface area contributed by atoms with Gasteiger partial charge in [0.2, 0.25) is 0 Å². The molecular formula is C15H26N2O2. The highest BCUT2D eigenvalue weighted by atomic mass is 16.5. The fourth-order valence-corrected chi connectivity index (χ4v) is 2.17. The van der Waals surface area contributed by atoms with Gasteiger partial charge in [-0.2, -0.15) is 0 Å². The van der Waals surface area contributed by atoms with Crippen molar-refractivity contribution in [3.63, 3.8) is 0 Å². The minimum Gasteiger partial charge on any atom is -0.489 e. The van der Waals surface area contributed by atoms with Crippen LogP contribution in [-0.4, -0.2) is 30.8 Å². The van der Waals surface area contributed by atoms with E-state index in [0.717, 1.165) is 17.7 Å². The highest BCUT2D eigenvalue weighted by molar-refractivity contribution is 5.27. The standard InChI is InChI=1S/C15H26N2O2/c1-6-14(18-7-2)15(16-5)12-8-13(10-17-9-12)19-11(3)4/h8-11,14-16H,6-7H2,1-5H3. The van der Waals surface area contributed by atoms with Crippen LogP contribution in [0.1, 0.15) is 45.7 Å². The largest absolute Gasteiger partial charge is 0.489 e. The lowest BCUT2D eigenvalue weighted by molar-refractivity contribution is 0.0332. The molecule has 0 spiro atoms. The van der Waals surface area contributed by atoms with Crippen molar-refractivity contribution in [1.82, 2.24) is 10.3 Å². The van der Waals surface area contributed by atoms with E-state index in [4.69, 9.17) is 9.47 Å². The Labute approximate surface area is 116 Å². The van der Waals surface area contributed by atoms with E-state index in [1.165, 1.54) is 0 Å². The summed E-state index contributed by atoms with van der Waals surface area (Å²) in [6.07, 6.45) is 4.87. The molecular weight excluding hydrogens is 240 g/mol. The minimum atomic E-state index is 0.133. The molecule has 19 heavy (non-hydrogen) atoms. The highest BCUT2D eigenvalue weighted by Gasteiger charge is 2.21. The quantitative estimate of drug-likeness (QED) is 0.785.